The summed E-state index contributed by atoms with van der Waals surface area (Å²) in [6.07, 6.45) is 4.04. The van der Waals surface area contributed by atoms with E-state index in [9.17, 15) is 9.59 Å². The molecule has 0 aromatic heterocycles. The molecule has 0 saturated heterocycles. The number of hydrogen-bond donors (Lipinski definition) is 3. The van der Waals surface area contributed by atoms with Crippen molar-refractivity contribution >= 4 is 24.2 Å². The summed E-state index contributed by atoms with van der Waals surface area (Å²) in [5.74, 6) is 0.0639. The molecule has 0 spiro atoms. The molecule has 1 aromatic carbocycles. The van der Waals surface area contributed by atoms with Gasteiger partial charge in [-0.1, -0.05) is 24.3 Å². The molecule has 126 valence electrons. The van der Waals surface area contributed by atoms with E-state index < -0.39 is 6.04 Å². The summed E-state index contributed by atoms with van der Waals surface area (Å²) in [4.78, 5) is 24.1. The van der Waals surface area contributed by atoms with Crippen LogP contribution >= 0.6 is 12.4 Å². The molecule has 0 radical (unpaired) electrons. The fourth-order valence-corrected chi connectivity index (χ4v) is 2.07. The van der Waals surface area contributed by atoms with Gasteiger partial charge in [0.1, 0.15) is 12.4 Å². The van der Waals surface area contributed by atoms with E-state index in [1.54, 1.807) is 24.3 Å². The second kappa shape index (κ2) is 9.17. The Morgan fingerprint density at radius 3 is 2.74 bits per heavy atom. The van der Waals surface area contributed by atoms with Crippen molar-refractivity contribution in [1.82, 2.24) is 10.6 Å². The van der Waals surface area contributed by atoms with Crippen molar-refractivity contribution in [3.8, 4) is 5.75 Å². The fourth-order valence-electron chi connectivity index (χ4n) is 2.07. The van der Waals surface area contributed by atoms with E-state index in [0.717, 1.165) is 0 Å². The third kappa shape index (κ3) is 5.58. The molecule has 7 heteroatoms. The zero-order valence-corrected chi connectivity index (χ0v) is 13.8. The van der Waals surface area contributed by atoms with Gasteiger partial charge < -0.3 is 21.1 Å². The summed E-state index contributed by atoms with van der Waals surface area (Å²) in [5, 5.41) is 5.57. The summed E-state index contributed by atoms with van der Waals surface area (Å²) < 4.78 is 5.61. The molecule has 0 unspecified atom stereocenters. The predicted octanol–water partition coefficient (Wildman–Crippen LogP) is 1.01. The molecule has 0 bridgehead atoms. The van der Waals surface area contributed by atoms with E-state index in [4.69, 9.17) is 10.5 Å². The van der Waals surface area contributed by atoms with Crippen molar-refractivity contribution in [2.45, 2.75) is 25.4 Å². The maximum atomic E-state index is 12.3. The van der Waals surface area contributed by atoms with Gasteiger partial charge in [0.2, 0.25) is 5.91 Å². The van der Waals surface area contributed by atoms with Crippen molar-refractivity contribution in [3.63, 3.8) is 0 Å². The van der Waals surface area contributed by atoms with Gasteiger partial charge in [-0.3, -0.25) is 9.59 Å². The van der Waals surface area contributed by atoms with Gasteiger partial charge in [0.25, 0.3) is 5.91 Å². The van der Waals surface area contributed by atoms with Crippen LogP contribution in [0.5, 0.6) is 5.75 Å². The smallest absolute Gasteiger partial charge is 0.255 e. The van der Waals surface area contributed by atoms with Crippen LogP contribution in [0, 0.1) is 0 Å². The van der Waals surface area contributed by atoms with Gasteiger partial charge in [0.05, 0.1) is 11.6 Å². The maximum absolute atomic E-state index is 12.3. The number of amides is 2. The predicted molar refractivity (Wildman–Crippen MR) is 90.9 cm³/mol. The molecule has 1 aliphatic heterocycles. The quantitative estimate of drug-likeness (QED) is 0.615. The molecule has 6 nitrogen and oxygen atoms in total. The van der Waals surface area contributed by atoms with E-state index in [2.05, 4.69) is 10.6 Å². The summed E-state index contributed by atoms with van der Waals surface area (Å²) >= 11 is 0. The highest BCUT2D eigenvalue weighted by atomic mass is 35.5. The maximum Gasteiger partial charge on any atom is 0.255 e. The van der Waals surface area contributed by atoms with Gasteiger partial charge in [0, 0.05) is 12.6 Å². The van der Waals surface area contributed by atoms with Crippen LogP contribution in [-0.4, -0.2) is 37.0 Å². The molecule has 0 aliphatic carbocycles. The number of ether oxygens (including phenoxy) is 1. The van der Waals surface area contributed by atoms with Crippen molar-refractivity contribution in [3.05, 3.63) is 42.0 Å². The highest BCUT2D eigenvalue weighted by Gasteiger charge is 2.17. The highest BCUT2D eigenvalue weighted by Crippen LogP contribution is 2.18. The number of halogens is 1. The van der Waals surface area contributed by atoms with Crippen LogP contribution in [0.3, 0.4) is 0 Å². The van der Waals surface area contributed by atoms with Crippen molar-refractivity contribution < 1.29 is 14.3 Å². The van der Waals surface area contributed by atoms with Gasteiger partial charge in [-0.15, -0.1) is 12.4 Å². The van der Waals surface area contributed by atoms with Crippen LogP contribution in [0.25, 0.3) is 0 Å². The average molecular weight is 340 g/mol. The summed E-state index contributed by atoms with van der Waals surface area (Å²) in [7, 11) is 0. The summed E-state index contributed by atoms with van der Waals surface area (Å²) in [6.45, 7) is 2.46. The van der Waals surface area contributed by atoms with E-state index in [1.165, 1.54) is 0 Å². The SMILES string of the molecule is C[C@H]1CNC(=O)[C@@H](N)C/C=C/COc2ccccc2C(=O)N1.Cl. The molecule has 0 saturated carbocycles. The van der Waals surface area contributed by atoms with Crippen molar-refractivity contribution in [2.75, 3.05) is 13.2 Å². The molecular formula is C16H22ClN3O3. The Morgan fingerprint density at radius 2 is 1.96 bits per heavy atom. The lowest BCUT2D eigenvalue weighted by Gasteiger charge is -2.18. The fraction of sp³-hybridized carbons (Fsp3) is 0.375. The zero-order chi connectivity index (χ0) is 15.9. The van der Waals surface area contributed by atoms with Crippen LogP contribution < -0.4 is 21.1 Å². The van der Waals surface area contributed by atoms with Crippen LogP contribution in [0.15, 0.2) is 36.4 Å². The van der Waals surface area contributed by atoms with Crippen LogP contribution in [0.1, 0.15) is 23.7 Å². The Morgan fingerprint density at radius 1 is 1.22 bits per heavy atom. The minimum absolute atomic E-state index is 0. The standard InChI is InChI=1S/C16H21N3O3.ClH/c1-11-10-18-16(21)13(17)7-4-5-9-22-14-8-3-2-6-12(14)15(20)19-11;/h2-6,8,11,13H,7,9-10,17H2,1H3,(H,18,21)(H,19,20);1H/b5-4+;/t11-,13-;/m0./s1. The molecule has 2 rings (SSSR count). The molecule has 1 aliphatic rings. The first kappa shape index (κ1) is 19.0. The van der Waals surface area contributed by atoms with E-state index >= 15 is 0 Å². The number of carbonyl (C=O) groups is 2. The lowest BCUT2D eigenvalue weighted by molar-refractivity contribution is -0.122. The molecule has 0 fully saturated rings. The van der Waals surface area contributed by atoms with Crippen LogP contribution in [0.4, 0.5) is 0 Å². The zero-order valence-electron chi connectivity index (χ0n) is 13.0. The number of carbonyl (C=O) groups excluding carboxylic acids is 2. The Hall–Kier alpha value is -2.05. The number of rotatable bonds is 0. The van der Waals surface area contributed by atoms with Crippen molar-refractivity contribution in [1.29, 1.82) is 0 Å². The number of nitrogens with two attached hydrogens (primary N) is 1. The lowest BCUT2D eigenvalue weighted by atomic mass is 10.1. The molecular weight excluding hydrogens is 318 g/mol. The number of hydrogen-bond acceptors (Lipinski definition) is 4. The molecule has 4 N–H and O–H groups in total. The number of nitrogens with one attached hydrogen (secondary N) is 2. The first-order valence-corrected chi connectivity index (χ1v) is 7.29. The van der Waals surface area contributed by atoms with Crippen LogP contribution in [0.2, 0.25) is 0 Å². The van der Waals surface area contributed by atoms with Gasteiger partial charge in [-0.05, 0) is 25.5 Å². The summed E-state index contributed by atoms with van der Waals surface area (Å²) in [6, 6.07) is 6.25. The Kier molecular flexibility index (Phi) is 7.57. The summed E-state index contributed by atoms with van der Waals surface area (Å²) in [5.41, 5.74) is 6.26. The van der Waals surface area contributed by atoms with Gasteiger partial charge in [-0.25, -0.2) is 0 Å². The van der Waals surface area contributed by atoms with Crippen LogP contribution in [-0.2, 0) is 4.79 Å². The van der Waals surface area contributed by atoms with E-state index in [0.29, 0.717) is 30.9 Å². The van der Waals surface area contributed by atoms with Gasteiger partial charge in [-0.2, -0.15) is 0 Å². The largest absolute Gasteiger partial charge is 0.489 e. The second-order valence-corrected chi connectivity index (χ2v) is 5.24. The normalized spacial score (nSPS) is 23.9. The Labute approximate surface area is 141 Å². The molecule has 23 heavy (non-hydrogen) atoms. The van der Waals surface area contributed by atoms with E-state index in [1.807, 2.05) is 19.1 Å². The second-order valence-electron chi connectivity index (χ2n) is 5.24. The Balaban J connectivity index is 0.00000264. The third-order valence-corrected chi connectivity index (χ3v) is 3.32. The van der Waals surface area contributed by atoms with Crippen molar-refractivity contribution in [2.24, 2.45) is 5.73 Å². The number of fused-ring (bicyclic) bond motifs is 1. The molecule has 1 heterocycles. The van der Waals surface area contributed by atoms with E-state index in [-0.39, 0.29) is 30.3 Å². The number of benzene rings is 1. The minimum Gasteiger partial charge on any atom is -0.489 e. The first-order valence-electron chi connectivity index (χ1n) is 7.29. The third-order valence-electron chi connectivity index (χ3n) is 3.32. The topological polar surface area (TPSA) is 93.5 Å². The molecule has 2 amide bonds. The monoisotopic (exact) mass is 339 g/mol. The van der Waals surface area contributed by atoms with Gasteiger partial charge >= 0.3 is 0 Å². The average Bonchev–Trinajstić information content (AvgIpc) is 2.51. The lowest BCUT2D eigenvalue weighted by Crippen LogP contribution is -2.46. The first-order chi connectivity index (χ1) is 10.6. The number of para-hydroxylation sites is 1. The Bertz CT molecular complexity index is 577. The minimum atomic E-state index is -0.602. The van der Waals surface area contributed by atoms with Gasteiger partial charge in [0.15, 0.2) is 0 Å². The molecule has 1 aromatic rings. The highest BCUT2D eigenvalue weighted by molar-refractivity contribution is 5.97. The molecule has 2 atom stereocenters.